The Balaban J connectivity index is 1.33. The van der Waals surface area contributed by atoms with E-state index >= 15 is 0 Å². The summed E-state index contributed by atoms with van der Waals surface area (Å²) in [5, 5.41) is 32.9. The number of nitrogens with zero attached hydrogens (tertiary/aromatic N) is 2. The van der Waals surface area contributed by atoms with E-state index in [9.17, 15) is 15.3 Å². The molecule has 0 amide bonds. The summed E-state index contributed by atoms with van der Waals surface area (Å²) in [6.07, 6.45) is 0.969. The standard InChI is InChI=1S/C26H36N2O4/c1-20-6-8-22(9-7-20)28-14-11-25(30,12-15-28)17-27-13-10-24(29)26(31,18-27)19-32-23-5-3-4-21(2)16-23/h3-9,16,24,29-31H,10-15,17-19H2,1-2H3/t24-,26-/m0/s1. The molecule has 2 atom stereocenters. The molecule has 2 fully saturated rings. The van der Waals surface area contributed by atoms with E-state index in [-0.39, 0.29) is 13.2 Å². The van der Waals surface area contributed by atoms with Crippen molar-refractivity contribution in [2.24, 2.45) is 0 Å². The number of hydrogen-bond donors (Lipinski definition) is 3. The normalized spacial score (nSPS) is 26.2. The summed E-state index contributed by atoms with van der Waals surface area (Å²) < 4.78 is 5.83. The molecule has 2 saturated heterocycles. The number of rotatable bonds is 6. The second-order valence-electron chi connectivity index (χ2n) is 9.77. The highest BCUT2D eigenvalue weighted by Gasteiger charge is 2.44. The van der Waals surface area contributed by atoms with Gasteiger partial charge in [-0.05, 0) is 62.9 Å². The molecular formula is C26H36N2O4. The Hall–Kier alpha value is -2.12. The predicted molar refractivity (Wildman–Crippen MR) is 126 cm³/mol. The van der Waals surface area contributed by atoms with Crippen LogP contribution in [0.25, 0.3) is 0 Å². The van der Waals surface area contributed by atoms with E-state index in [1.807, 2.05) is 31.2 Å². The SMILES string of the molecule is Cc1ccc(N2CCC(O)(CN3CC[C@H](O)[C@@](O)(COc4cccc(C)c4)C3)CC2)cc1. The number of β-amino-alcohol motifs (C(OH)–C–C–N with tert-alkyl or cyclic N) is 2. The van der Waals surface area contributed by atoms with Crippen LogP contribution in [0.5, 0.6) is 5.75 Å². The van der Waals surface area contributed by atoms with E-state index < -0.39 is 17.3 Å². The third-order valence-electron chi connectivity index (χ3n) is 6.93. The summed E-state index contributed by atoms with van der Waals surface area (Å²) in [6.45, 7) is 7.13. The van der Waals surface area contributed by atoms with Crippen molar-refractivity contribution in [1.29, 1.82) is 0 Å². The minimum atomic E-state index is -1.36. The van der Waals surface area contributed by atoms with Gasteiger partial charge < -0.3 is 25.0 Å². The van der Waals surface area contributed by atoms with Gasteiger partial charge in [-0.15, -0.1) is 0 Å². The highest BCUT2D eigenvalue weighted by Crippen LogP contribution is 2.30. The zero-order valence-electron chi connectivity index (χ0n) is 19.2. The molecule has 2 aromatic rings. The van der Waals surface area contributed by atoms with E-state index in [0.717, 1.165) is 18.7 Å². The first-order valence-electron chi connectivity index (χ1n) is 11.6. The van der Waals surface area contributed by atoms with E-state index in [1.165, 1.54) is 11.3 Å². The lowest BCUT2D eigenvalue weighted by molar-refractivity contribution is -0.149. The lowest BCUT2D eigenvalue weighted by atomic mass is 9.86. The Morgan fingerprint density at radius 1 is 0.969 bits per heavy atom. The van der Waals surface area contributed by atoms with Gasteiger partial charge in [0.05, 0.1) is 11.7 Å². The van der Waals surface area contributed by atoms with Crippen LogP contribution >= 0.6 is 0 Å². The summed E-state index contributed by atoms with van der Waals surface area (Å²) in [5.74, 6) is 0.685. The van der Waals surface area contributed by atoms with Crippen molar-refractivity contribution in [3.8, 4) is 5.75 Å². The number of aliphatic hydroxyl groups is 3. The smallest absolute Gasteiger partial charge is 0.137 e. The van der Waals surface area contributed by atoms with Gasteiger partial charge in [0.1, 0.15) is 18.0 Å². The zero-order valence-corrected chi connectivity index (χ0v) is 19.2. The fourth-order valence-electron chi connectivity index (χ4n) is 4.85. The molecule has 0 unspecified atom stereocenters. The van der Waals surface area contributed by atoms with Crippen molar-refractivity contribution in [1.82, 2.24) is 4.90 Å². The van der Waals surface area contributed by atoms with Crippen molar-refractivity contribution in [3.63, 3.8) is 0 Å². The molecule has 2 heterocycles. The predicted octanol–water partition coefficient (Wildman–Crippen LogP) is 2.51. The summed E-state index contributed by atoms with van der Waals surface area (Å²) in [4.78, 5) is 4.40. The molecule has 0 radical (unpaired) electrons. The van der Waals surface area contributed by atoms with E-state index in [0.29, 0.717) is 38.1 Å². The minimum Gasteiger partial charge on any atom is -0.490 e. The lowest BCUT2D eigenvalue weighted by Gasteiger charge is -2.46. The molecule has 32 heavy (non-hydrogen) atoms. The molecule has 0 aliphatic carbocycles. The third-order valence-corrected chi connectivity index (χ3v) is 6.93. The van der Waals surface area contributed by atoms with Gasteiger partial charge in [0, 0.05) is 38.4 Å². The van der Waals surface area contributed by atoms with Gasteiger partial charge in [-0.1, -0.05) is 29.8 Å². The molecule has 0 saturated carbocycles. The zero-order chi connectivity index (χ0) is 22.8. The van der Waals surface area contributed by atoms with Crippen LogP contribution in [-0.4, -0.2) is 76.9 Å². The molecule has 3 N–H and O–H groups in total. The number of ether oxygens (including phenoxy) is 1. The molecule has 6 heteroatoms. The molecule has 2 aliphatic rings. The van der Waals surface area contributed by atoms with Gasteiger partial charge in [-0.25, -0.2) is 0 Å². The van der Waals surface area contributed by atoms with E-state index in [4.69, 9.17) is 4.74 Å². The molecule has 174 valence electrons. The van der Waals surface area contributed by atoms with Gasteiger partial charge in [0.15, 0.2) is 0 Å². The number of aryl methyl sites for hydroxylation is 2. The monoisotopic (exact) mass is 440 g/mol. The van der Waals surface area contributed by atoms with Crippen LogP contribution in [0.4, 0.5) is 5.69 Å². The van der Waals surface area contributed by atoms with Crippen LogP contribution in [0, 0.1) is 13.8 Å². The van der Waals surface area contributed by atoms with Gasteiger partial charge >= 0.3 is 0 Å². The van der Waals surface area contributed by atoms with E-state index in [1.54, 1.807) is 0 Å². The number of hydrogen-bond acceptors (Lipinski definition) is 6. The maximum atomic E-state index is 11.3. The maximum Gasteiger partial charge on any atom is 0.137 e. The molecule has 0 spiro atoms. The average Bonchev–Trinajstić information content (AvgIpc) is 2.76. The minimum absolute atomic E-state index is 0.0216. The van der Waals surface area contributed by atoms with Crippen molar-refractivity contribution >= 4 is 5.69 Å². The van der Waals surface area contributed by atoms with Crippen molar-refractivity contribution in [2.45, 2.75) is 50.4 Å². The van der Waals surface area contributed by atoms with Crippen LogP contribution in [0.2, 0.25) is 0 Å². The summed E-state index contributed by atoms with van der Waals surface area (Å²) in [5.41, 5.74) is 1.37. The maximum absolute atomic E-state index is 11.3. The average molecular weight is 441 g/mol. The number of benzene rings is 2. The fourth-order valence-corrected chi connectivity index (χ4v) is 4.85. The summed E-state index contributed by atoms with van der Waals surface area (Å²) >= 11 is 0. The first kappa shape index (κ1) is 23.1. The van der Waals surface area contributed by atoms with Crippen LogP contribution in [0.1, 0.15) is 30.4 Å². The number of aliphatic hydroxyl groups excluding tert-OH is 1. The second kappa shape index (κ2) is 9.40. The highest BCUT2D eigenvalue weighted by atomic mass is 16.5. The number of piperidine rings is 2. The van der Waals surface area contributed by atoms with Crippen LogP contribution < -0.4 is 9.64 Å². The fraction of sp³-hybridized carbons (Fsp3) is 0.538. The Labute approximate surface area is 191 Å². The van der Waals surface area contributed by atoms with Gasteiger partial charge in [-0.2, -0.15) is 0 Å². The first-order valence-corrected chi connectivity index (χ1v) is 11.6. The molecular weight excluding hydrogens is 404 g/mol. The van der Waals surface area contributed by atoms with Gasteiger partial charge in [0.25, 0.3) is 0 Å². The molecule has 2 aromatic carbocycles. The molecule has 4 rings (SSSR count). The Kier molecular flexibility index (Phi) is 6.77. The van der Waals surface area contributed by atoms with Crippen molar-refractivity contribution in [2.75, 3.05) is 44.2 Å². The van der Waals surface area contributed by atoms with Gasteiger partial charge in [0.2, 0.25) is 0 Å². The molecule has 6 nitrogen and oxygen atoms in total. The molecule has 0 aromatic heterocycles. The molecule has 2 aliphatic heterocycles. The Bertz CT molecular complexity index is 895. The van der Waals surface area contributed by atoms with Gasteiger partial charge in [-0.3, -0.25) is 4.90 Å². The quantitative estimate of drug-likeness (QED) is 0.641. The first-order chi connectivity index (χ1) is 15.2. The second-order valence-corrected chi connectivity index (χ2v) is 9.77. The van der Waals surface area contributed by atoms with Crippen LogP contribution in [0.15, 0.2) is 48.5 Å². The summed E-state index contributed by atoms with van der Waals surface area (Å²) in [7, 11) is 0. The van der Waals surface area contributed by atoms with E-state index in [2.05, 4.69) is 41.0 Å². The highest BCUT2D eigenvalue weighted by molar-refractivity contribution is 5.48. The lowest BCUT2D eigenvalue weighted by Crippen LogP contribution is -2.62. The summed E-state index contributed by atoms with van der Waals surface area (Å²) in [6, 6.07) is 16.2. The van der Waals surface area contributed by atoms with Crippen molar-refractivity contribution < 1.29 is 20.1 Å². The van der Waals surface area contributed by atoms with Crippen LogP contribution in [-0.2, 0) is 0 Å². The van der Waals surface area contributed by atoms with Crippen LogP contribution in [0.3, 0.4) is 0 Å². The number of likely N-dealkylation sites (tertiary alicyclic amines) is 1. The Morgan fingerprint density at radius 3 is 2.38 bits per heavy atom. The molecule has 0 bridgehead atoms. The Morgan fingerprint density at radius 2 is 1.69 bits per heavy atom. The van der Waals surface area contributed by atoms with Crippen molar-refractivity contribution in [3.05, 3.63) is 59.7 Å². The number of anilines is 1. The third kappa shape index (κ3) is 5.44. The topological polar surface area (TPSA) is 76.4 Å². The largest absolute Gasteiger partial charge is 0.490 e.